The van der Waals surface area contributed by atoms with Crippen LogP contribution in [0.15, 0.2) is 97.2 Å². The smallest absolute Gasteiger partial charge is 0.238 e. The Balaban J connectivity index is 1.53. The normalized spacial score (nSPS) is 22.6. The highest BCUT2D eigenvalue weighted by Gasteiger charge is 2.70. The minimum Gasteiger partial charge on any atom is -0.497 e. The van der Waals surface area contributed by atoms with E-state index in [1.54, 1.807) is 42.5 Å². The lowest BCUT2D eigenvalue weighted by molar-refractivity contribution is -0.122. The Hall–Kier alpha value is -5.37. The number of hydrogen-bond donors (Lipinski definition) is 1. The molecule has 7 rings (SSSR count). The zero-order valence-electron chi connectivity index (χ0n) is 24.4. The average Bonchev–Trinajstić information content (AvgIpc) is 3.55. The topological polar surface area (TPSA) is 94.2 Å². The summed E-state index contributed by atoms with van der Waals surface area (Å²) in [5.74, 6) is -0.802. The number of amides is 1. The number of nitrogens with zero attached hydrogens (tertiary/aromatic N) is 1. The lowest BCUT2D eigenvalue weighted by Crippen LogP contribution is -2.49. The Kier molecular flexibility index (Phi) is 6.50. The van der Waals surface area contributed by atoms with Crippen molar-refractivity contribution in [3.8, 4) is 17.2 Å². The Morgan fingerprint density at radius 3 is 2.34 bits per heavy atom. The lowest BCUT2D eigenvalue weighted by Gasteiger charge is -2.38. The summed E-state index contributed by atoms with van der Waals surface area (Å²) < 4.78 is 16.5. The van der Waals surface area contributed by atoms with Gasteiger partial charge in [0.25, 0.3) is 0 Å². The minimum atomic E-state index is -1.45. The lowest BCUT2D eigenvalue weighted by atomic mass is 9.62. The molecule has 4 aromatic rings. The van der Waals surface area contributed by atoms with Gasteiger partial charge in [0.05, 0.1) is 38.9 Å². The number of methoxy groups -OCH3 is 3. The van der Waals surface area contributed by atoms with E-state index in [1.165, 1.54) is 21.3 Å². The van der Waals surface area contributed by atoms with E-state index < -0.39 is 23.4 Å². The molecule has 44 heavy (non-hydrogen) atoms. The summed E-state index contributed by atoms with van der Waals surface area (Å²) in [6.45, 7) is 0. The molecule has 1 amide bonds. The van der Waals surface area contributed by atoms with Gasteiger partial charge in [-0.1, -0.05) is 54.6 Å². The molecule has 1 saturated heterocycles. The van der Waals surface area contributed by atoms with Crippen LogP contribution in [0.5, 0.6) is 17.2 Å². The number of para-hydroxylation sites is 1. The van der Waals surface area contributed by atoms with Gasteiger partial charge in [-0.25, -0.2) is 0 Å². The molecule has 4 atom stereocenters. The second-order valence-electron chi connectivity index (χ2n) is 11.1. The predicted molar refractivity (Wildman–Crippen MR) is 165 cm³/mol. The molecule has 1 N–H and O–H groups in total. The van der Waals surface area contributed by atoms with E-state index in [0.29, 0.717) is 34.1 Å². The number of Topliss-reactive ketones (excluding diaryl/α,β-unsaturated/α-hetero) is 2. The maximum absolute atomic E-state index is 15.1. The van der Waals surface area contributed by atoms with Crippen molar-refractivity contribution < 1.29 is 28.6 Å². The number of nitrogens with one attached hydrogen (secondary N) is 1. The van der Waals surface area contributed by atoms with Gasteiger partial charge in [0.15, 0.2) is 11.6 Å². The van der Waals surface area contributed by atoms with Crippen LogP contribution in [0.4, 0.5) is 5.69 Å². The number of anilines is 1. The molecule has 1 fully saturated rings. The molecule has 0 aliphatic carbocycles. The molecule has 0 aromatic heterocycles. The highest BCUT2D eigenvalue weighted by atomic mass is 16.5. The number of fused-ring (bicyclic) bond motifs is 6. The van der Waals surface area contributed by atoms with Gasteiger partial charge in [0.1, 0.15) is 28.7 Å². The second-order valence-corrected chi connectivity index (χ2v) is 11.1. The van der Waals surface area contributed by atoms with Gasteiger partial charge in [0.2, 0.25) is 5.91 Å². The summed E-state index contributed by atoms with van der Waals surface area (Å²) in [7, 11) is 4.55. The number of ether oxygens (including phenoxy) is 3. The van der Waals surface area contributed by atoms with Crippen LogP contribution in [0.25, 0.3) is 6.08 Å². The SMILES string of the molecule is COc1cccc(C(=O)[C@@H]2[C@H](C(=O)c3ccc(OC)cc3OC)[C@]3(C(=O)Nc4ccccc43)[C@@H]3c4ccccc4C=CN23)c1. The van der Waals surface area contributed by atoms with Crippen molar-refractivity contribution in [3.05, 3.63) is 125 Å². The van der Waals surface area contributed by atoms with Crippen LogP contribution in [0, 0.1) is 5.92 Å². The van der Waals surface area contributed by atoms with Crippen molar-refractivity contribution >= 4 is 29.2 Å². The molecule has 3 aliphatic rings. The highest BCUT2D eigenvalue weighted by molar-refractivity contribution is 6.17. The van der Waals surface area contributed by atoms with Crippen LogP contribution in [0.2, 0.25) is 0 Å². The fraction of sp³-hybridized carbons (Fsp3) is 0.194. The molecule has 3 aliphatic heterocycles. The third kappa shape index (κ3) is 3.80. The summed E-state index contributed by atoms with van der Waals surface area (Å²) >= 11 is 0. The first-order valence-corrected chi connectivity index (χ1v) is 14.3. The third-order valence-corrected chi connectivity index (χ3v) is 9.15. The van der Waals surface area contributed by atoms with Crippen LogP contribution in [0.3, 0.4) is 0 Å². The number of carbonyl (C=O) groups excluding carboxylic acids is 3. The van der Waals surface area contributed by atoms with Crippen molar-refractivity contribution in [1.29, 1.82) is 0 Å². The standard InChI is InChI=1S/C36H30N2O6/c1-42-23-11-8-10-22(19-23)32(39)31-30(33(40)26-16-15-24(43-2)20-29(26)44-3)36(27-13-6-7-14-28(27)37-35(36)41)34-25-12-5-4-9-21(25)17-18-38(31)34/h4-20,30-31,34H,1-3H3,(H,37,41)/t30-,31+,34+,36+/m1/s1. The van der Waals surface area contributed by atoms with Crippen molar-refractivity contribution in [2.45, 2.75) is 17.5 Å². The maximum atomic E-state index is 15.1. The molecule has 220 valence electrons. The van der Waals surface area contributed by atoms with Gasteiger partial charge in [-0.2, -0.15) is 0 Å². The fourth-order valence-corrected chi connectivity index (χ4v) is 7.28. The van der Waals surface area contributed by atoms with Gasteiger partial charge < -0.3 is 24.4 Å². The van der Waals surface area contributed by atoms with Crippen molar-refractivity contribution in [2.24, 2.45) is 5.92 Å². The van der Waals surface area contributed by atoms with E-state index in [9.17, 15) is 9.59 Å². The van der Waals surface area contributed by atoms with Crippen molar-refractivity contribution in [2.75, 3.05) is 26.6 Å². The highest BCUT2D eigenvalue weighted by Crippen LogP contribution is 2.62. The van der Waals surface area contributed by atoms with Crippen LogP contribution < -0.4 is 19.5 Å². The number of rotatable bonds is 7. The zero-order valence-corrected chi connectivity index (χ0v) is 24.4. The molecular formula is C36H30N2O6. The summed E-state index contributed by atoms with van der Waals surface area (Å²) in [4.78, 5) is 46.5. The molecule has 0 radical (unpaired) electrons. The molecular weight excluding hydrogens is 556 g/mol. The zero-order chi connectivity index (χ0) is 30.6. The number of benzene rings is 4. The number of carbonyl (C=O) groups is 3. The summed E-state index contributed by atoms with van der Waals surface area (Å²) in [6.07, 6.45) is 3.79. The second kappa shape index (κ2) is 10.4. The van der Waals surface area contributed by atoms with Gasteiger partial charge in [-0.05, 0) is 53.1 Å². The predicted octanol–water partition coefficient (Wildman–Crippen LogP) is 5.69. The van der Waals surface area contributed by atoms with E-state index in [1.807, 2.05) is 65.7 Å². The first kappa shape index (κ1) is 27.5. The first-order valence-electron chi connectivity index (χ1n) is 14.3. The molecule has 1 spiro atoms. The number of ketones is 2. The quantitative estimate of drug-likeness (QED) is 0.278. The fourth-order valence-electron chi connectivity index (χ4n) is 7.28. The van der Waals surface area contributed by atoms with E-state index >= 15 is 4.79 Å². The van der Waals surface area contributed by atoms with Gasteiger partial charge >= 0.3 is 0 Å². The Bertz CT molecular complexity index is 1870. The van der Waals surface area contributed by atoms with Crippen molar-refractivity contribution in [3.63, 3.8) is 0 Å². The molecule has 3 heterocycles. The number of hydrogen-bond acceptors (Lipinski definition) is 7. The van der Waals surface area contributed by atoms with E-state index in [4.69, 9.17) is 14.2 Å². The van der Waals surface area contributed by atoms with E-state index in [2.05, 4.69) is 5.32 Å². The van der Waals surface area contributed by atoms with E-state index in [0.717, 1.165) is 11.1 Å². The molecule has 8 nitrogen and oxygen atoms in total. The Labute approximate surface area is 254 Å². The summed E-state index contributed by atoms with van der Waals surface area (Å²) in [5.41, 5.74) is 2.28. The molecule has 8 heteroatoms. The molecule has 0 saturated carbocycles. The maximum Gasteiger partial charge on any atom is 0.238 e. The van der Waals surface area contributed by atoms with Gasteiger partial charge in [-0.3, -0.25) is 14.4 Å². The van der Waals surface area contributed by atoms with E-state index in [-0.39, 0.29) is 23.0 Å². The first-order chi connectivity index (χ1) is 21.4. The van der Waals surface area contributed by atoms with Crippen LogP contribution in [-0.4, -0.2) is 49.7 Å². The third-order valence-electron chi connectivity index (χ3n) is 9.15. The van der Waals surface area contributed by atoms with Crippen LogP contribution in [0.1, 0.15) is 43.4 Å². The summed E-state index contributed by atoms with van der Waals surface area (Å²) in [5, 5.41) is 3.07. The van der Waals surface area contributed by atoms with Crippen molar-refractivity contribution in [1.82, 2.24) is 4.90 Å². The van der Waals surface area contributed by atoms with Crippen LogP contribution in [-0.2, 0) is 10.2 Å². The Morgan fingerprint density at radius 2 is 1.55 bits per heavy atom. The van der Waals surface area contributed by atoms with Gasteiger partial charge in [-0.15, -0.1) is 0 Å². The largest absolute Gasteiger partial charge is 0.497 e. The van der Waals surface area contributed by atoms with Gasteiger partial charge in [0, 0.05) is 23.5 Å². The molecule has 0 bridgehead atoms. The molecule has 0 unspecified atom stereocenters. The minimum absolute atomic E-state index is 0.260. The van der Waals surface area contributed by atoms with Crippen LogP contribution >= 0.6 is 0 Å². The average molecular weight is 587 g/mol. The molecule has 4 aromatic carbocycles. The summed E-state index contributed by atoms with van der Waals surface area (Å²) in [6, 6.07) is 25.4. The Morgan fingerprint density at radius 1 is 0.795 bits per heavy atom. The monoisotopic (exact) mass is 586 g/mol.